The number of alkyl halides is 3. The lowest BCUT2D eigenvalue weighted by Crippen LogP contribution is -2.42. The van der Waals surface area contributed by atoms with Gasteiger partial charge < -0.3 is 9.64 Å². The van der Waals surface area contributed by atoms with Crippen molar-refractivity contribution < 1.29 is 17.9 Å². The van der Waals surface area contributed by atoms with Gasteiger partial charge in [-0.25, -0.2) is 8.78 Å². The average molecular weight is 328 g/mol. The van der Waals surface area contributed by atoms with Crippen molar-refractivity contribution in [2.24, 2.45) is 5.11 Å². The van der Waals surface area contributed by atoms with Crippen molar-refractivity contribution in [3.8, 4) is 0 Å². The van der Waals surface area contributed by atoms with E-state index in [1.807, 2.05) is 0 Å². The summed E-state index contributed by atoms with van der Waals surface area (Å²) in [6.07, 6.45) is -0.360. The van der Waals surface area contributed by atoms with Crippen LogP contribution < -0.4 is 4.90 Å². The van der Waals surface area contributed by atoms with Crippen molar-refractivity contribution >= 4 is 5.69 Å². The van der Waals surface area contributed by atoms with Crippen molar-refractivity contribution in [2.75, 3.05) is 31.8 Å². The normalized spacial score (nSPS) is 19.7. The summed E-state index contributed by atoms with van der Waals surface area (Å²) in [4.78, 5) is 4.26. The standard InChI is InChI=1S/C15H19F3N4O/c1-23-14(13(9-16)20-21-19)11-3-5-12(6-4-11)22-8-2-7-15(17,18)10-22/h3-6,13-14H,2,7-10H2,1H3/t13-,14-/m1/s1. The van der Waals surface area contributed by atoms with Gasteiger partial charge in [0.25, 0.3) is 5.92 Å². The second-order valence-corrected chi connectivity index (χ2v) is 5.56. The molecule has 1 aliphatic rings. The molecule has 1 heterocycles. The molecule has 126 valence electrons. The van der Waals surface area contributed by atoms with Gasteiger partial charge in [-0.2, -0.15) is 0 Å². The summed E-state index contributed by atoms with van der Waals surface area (Å²) in [6, 6.07) is 5.81. The van der Waals surface area contributed by atoms with Crippen LogP contribution >= 0.6 is 0 Å². The Hall–Kier alpha value is -1.92. The van der Waals surface area contributed by atoms with Gasteiger partial charge in [0.2, 0.25) is 0 Å². The number of methoxy groups -OCH3 is 1. The van der Waals surface area contributed by atoms with Crippen LogP contribution in [0.25, 0.3) is 10.4 Å². The Morgan fingerprint density at radius 2 is 2.09 bits per heavy atom. The summed E-state index contributed by atoms with van der Waals surface area (Å²) >= 11 is 0. The topological polar surface area (TPSA) is 61.2 Å². The van der Waals surface area contributed by atoms with Gasteiger partial charge in [0.05, 0.1) is 18.7 Å². The van der Waals surface area contributed by atoms with Crippen LogP contribution in [-0.2, 0) is 4.74 Å². The Bertz CT molecular complexity index is 560. The molecule has 1 saturated heterocycles. The number of rotatable bonds is 6. The first-order valence-corrected chi connectivity index (χ1v) is 7.36. The fourth-order valence-electron chi connectivity index (χ4n) is 2.82. The molecule has 0 spiro atoms. The molecule has 1 aromatic carbocycles. The van der Waals surface area contributed by atoms with E-state index in [0.29, 0.717) is 24.2 Å². The van der Waals surface area contributed by atoms with E-state index in [2.05, 4.69) is 10.0 Å². The maximum atomic E-state index is 13.5. The smallest absolute Gasteiger partial charge is 0.265 e. The van der Waals surface area contributed by atoms with Gasteiger partial charge in [-0.05, 0) is 29.6 Å². The number of azide groups is 1. The van der Waals surface area contributed by atoms with Gasteiger partial charge in [-0.1, -0.05) is 17.2 Å². The number of hydrogen-bond acceptors (Lipinski definition) is 3. The minimum absolute atomic E-state index is 0.0856. The summed E-state index contributed by atoms with van der Waals surface area (Å²) in [7, 11) is 1.40. The molecule has 1 fully saturated rings. The minimum atomic E-state index is -2.67. The number of piperidine rings is 1. The first kappa shape index (κ1) is 17.4. The lowest BCUT2D eigenvalue weighted by molar-refractivity contribution is -0.0116. The van der Waals surface area contributed by atoms with E-state index < -0.39 is 24.7 Å². The zero-order valence-corrected chi connectivity index (χ0v) is 12.8. The fourth-order valence-corrected chi connectivity index (χ4v) is 2.82. The molecule has 8 heteroatoms. The van der Waals surface area contributed by atoms with Crippen molar-refractivity contribution in [2.45, 2.75) is 30.9 Å². The van der Waals surface area contributed by atoms with Gasteiger partial charge in [0, 0.05) is 30.7 Å². The van der Waals surface area contributed by atoms with Crippen LogP contribution in [0.4, 0.5) is 18.9 Å². The van der Waals surface area contributed by atoms with Crippen LogP contribution in [0.3, 0.4) is 0 Å². The molecule has 1 aromatic rings. The van der Waals surface area contributed by atoms with Gasteiger partial charge in [-0.3, -0.25) is 4.39 Å². The highest BCUT2D eigenvalue weighted by molar-refractivity contribution is 5.48. The molecule has 0 saturated carbocycles. The van der Waals surface area contributed by atoms with Crippen molar-refractivity contribution in [1.82, 2.24) is 0 Å². The highest BCUT2D eigenvalue weighted by atomic mass is 19.3. The van der Waals surface area contributed by atoms with E-state index in [1.165, 1.54) is 7.11 Å². The monoisotopic (exact) mass is 328 g/mol. The Morgan fingerprint density at radius 1 is 1.39 bits per heavy atom. The maximum absolute atomic E-state index is 13.5. The summed E-state index contributed by atoms with van der Waals surface area (Å²) in [6.45, 7) is -0.566. The molecule has 23 heavy (non-hydrogen) atoms. The molecule has 2 rings (SSSR count). The summed E-state index contributed by atoms with van der Waals surface area (Å²) in [5.74, 6) is -2.67. The molecular weight excluding hydrogens is 309 g/mol. The number of ether oxygens (including phenoxy) is 1. The van der Waals surface area contributed by atoms with Crippen LogP contribution in [0.15, 0.2) is 29.4 Å². The molecule has 2 atom stereocenters. The number of benzene rings is 1. The van der Waals surface area contributed by atoms with E-state index in [0.717, 1.165) is 0 Å². The van der Waals surface area contributed by atoms with Gasteiger partial charge >= 0.3 is 0 Å². The Balaban J connectivity index is 2.16. The SMILES string of the molecule is CO[C@H](c1ccc(N2CCCC(F)(F)C2)cc1)[C@@H](CF)N=[N+]=[N-]. The number of nitrogens with zero attached hydrogens (tertiary/aromatic N) is 4. The quantitative estimate of drug-likeness (QED) is 0.445. The van der Waals surface area contributed by atoms with E-state index >= 15 is 0 Å². The fraction of sp³-hybridized carbons (Fsp3) is 0.600. The highest BCUT2D eigenvalue weighted by Crippen LogP contribution is 2.31. The highest BCUT2D eigenvalue weighted by Gasteiger charge is 2.35. The third-order valence-electron chi connectivity index (χ3n) is 3.94. The summed E-state index contributed by atoms with van der Waals surface area (Å²) < 4.78 is 45.2. The molecule has 0 unspecified atom stereocenters. The molecule has 0 amide bonds. The molecule has 0 bridgehead atoms. The lowest BCUT2D eigenvalue weighted by atomic mass is 10.0. The van der Waals surface area contributed by atoms with E-state index in [9.17, 15) is 13.2 Å². The van der Waals surface area contributed by atoms with Crippen LogP contribution in [-0.4, -0.2) is 38.8 Å². The largest absolute Gasteiger partial charge is 0.376 e. The molecule has 0 aliphatic carbocycles. The second kappa shape index (κ2) is 7.57. The molecule has 1 aliphatic heterocycles. The van der Waals surface area contributed by atoms with E-state index in [1.54, 1.807) is 29.2 Å². The molecule has 5 nitrogen and oxygen atoms in total. The predicted octanol–water partition coefficient (Wildman–Crippen LogP) is 4.26. The van der Waals surface area contributed by atoms with Gasteiger partial charge in [0.15, 0.2) is 0 Å². The number of anilines is 1. The van der Waals surface area contributed by atoms with Crippen LogP contribution in [0.1, 0.15) is 24.5 Å². The third kappa shape index (κ3) is 4.30. The van der Waals surface area contributed by atoms with E-state index in [4.69, 9.17) is 10.3 Å². The minimum Gasteiger partial charge on any atom is -0.376 e. The summed E-state index contributed by atoms with van der Waals surface area (Å²) in [5.41, 5.74) is 9.80. The van der Waals surface area contributed by atoms with Crippen LogP contribution in [0.2, 0.25) is 0 Å². The molecule has 0 aromatic heterocycles. The summed E-state index contributed by atoms with van der Waals surface area (Å²) in [5, 5.41) is 3.39. The zero-order valence-electron chi connectivity index (χ0n) is 12.8. The van der Waals surface area contributed by atoms with Crippen molar-refractivity contribution in [3.05, 3.63) is 40.3 Å². The Kier molecular flexibility index (Phi) is 5.74. The Morgan fingerprint density at radius 3 is 2.61 bits per heavy atom. The Labute approximate surface area is 132 Å². The number of halogens is 3. The second-order valence-electron chi connectivity index (χ2n) is 5.56. The zero-order chi connectivity index (χ0) is 16.9. The first-order valence-electron chi connectivity index (χ1n) is 7.36. The molecule has 0 N–H and O–H groups in total. The van der Waals surface area contributed by atoms with Crippen molar-refractivity contribution in [3.63, 3.8) is 0 Å². The maximum Gasteiger partial charge on any atom is 0.265 e. The van der Waals surface area contributed by atoms with Crippen molar-refractivity contribution in [1.29, 1.82) is 0 Å². The van der Waals surface area contributed by atoms with Crippen LogP contribution in [0.5, 0.6) is 0 Å². The van der Waals surface area contributed by atoms with Gasteiger partial charge in [0.1, 0.15) is 6.67 Å². The van der Waals surface area contributed by atoms with Gasteiger partial charge in [-0.15, -0.1) is 0 Å². The lowest BCUT2D eigenvalue weighted by Gasteiger charge is -2.34. The number of hydrogen-bond donors (Lipinski definition) is 0. The average Bonchev–Trinajstić information content (AvgIpc) is 2.54. The van der Waals surface area contributed by atoms with Crippen LogP contribution in [0, 0.1) is 0 Å². The predicted molar refractivity (Wildman–Crippen MR) is 81.5 cm³/mol. The third-order valence-corrected chi connectivity index (χ3v) is 3.94. The molecule has 0 radical (unpaired) electrons. The van der Waals surface area contributed by atoms with E-state index in [-0.39, 0.29) is 13.0 Å². The first-order chi connectivity index (χ1) is 11.0. The molecular formula is C15H19F3N4O.